The van der Waals surface area contributed by atoms with E-state index in [0.29, 0.717) is 12.1 Å². The van der Waals surface area contributed by atoms with E-state index in [9.17, 15) is 5.26 Å². The van der Waals surface area contributed by atoms with Gasteiger partial charge in [0.25, 0.3) is 0 Å². The Kier molecular flexibility index (Phi) is 3.53. The minimum atomic E-state index is 0.690. The SMILES string of the molecule is N#Cc1ccccc1-c1ccc(Cn2cnc3cccnc32)cc1. The summed E-state index contributed by atoms with van der Waals surface area (Å²) in [6.45, 7) is 0.716. The van der Waals surface area contributed by atoms with Crippen LogP contribution < -0.4 is 0 Å². The van der Waals surface area contributed by atoms with E-state index < -0.39 is 0 Å². The Bertz CT molecular complexity index is 1040. The highest BCUT2D eigenvalue weighted by Crippen LogP contribution is 2.24. The molecule has 2 aromatic carbocycles. The van der Waals surface area contributed by atoms with Crippen molar-refractivity contribution in [3.8, 4) is 17.2 Å². The van der Waals surface area contributed by atoms with Gasteiger partial charge in [-0.2, -0.15) is 5.26 Å². The van der Waals surface area contributed by atoms with Crippen molar-refractivity contribution in [3.63, 3.8) is 0 Å². The van der Waals surface area contributed by atoms with Crippen LogP contribution in [0.4, 0.5) is 0 Å². The molecule has 0 unspecified atom stereocenters. The fourth-order valence-corrected chi connectivity index (χ4v) is 2.83. The van der Waals surface area contributed by atoms with E-state index in [-0.39, 0.29) is 0 Å². The van der Waals surface area contributed by atoms with E-state index >= 15 is 0 Å². The van der Waals surface area contributed by atoms with E-state index in [1.54, 1.807) is 6.20 Å². The van der Waals surface area contributed by atoms with E-state index in [0.717, 1.165) is 27.9 Å². The zero-order valence-corrected chi connectivity index (χ0v) is 12.9. The third-order valence-corrected chi connectivity index (χ3v) is 4.04. The van der Waals surface area contributed by atoms with Gasteiger partial charge in [0.2, 0.25) is 0 Å². The normalized spacial score (nSPS) is 10.6. The van der Waals surface area contributed by atoms with Crippen LogP contribution >= 0.6 is 0 Å². The Morgan fingerprint density at radius 3 is 2.58 bits per heavy atom. The van der Waals surface area contributed by atoms with Crippen LogP contribution in [0.2, 0.25) is 0 Å². The minimum Gasteiger partial charge on any atom is -0.311 e. The fraction of sp³-hybridized carbons (Fsp3) is 0.0500. The molecule has 4 rings (SSSR count). The van der Waals surface area contributed by atoms with Crippen LogP contribution in [0.15, 0.2) is 73.2 Å². The molecule has 2 aromatic heterocycles. The Morgan fingerprint density at radius 2 is 1.75 bits per heavy atom. The van der Waals surface area contributed by atoms with Crippen molar-refractivity contribution in [2.45, 2.75) is 6.54 Å². The van der Waals surface area contributed by atoms with Gasteiger partial charge in [0.15, 0.2) is 5.65 Å². The smallest absolute Gasteiger partial charge is 0.160 e. The Labute approximate surface area is 139 Å². The van der Waals surface area contributed by atoms with Crippen molar-refractivity contribution < 1.29 is 0 Å². The first kappa shape index (κ1) is 14.2. The number of pyridine rings is 1. The predicted molar refractivity (Wildman–Crippen MR) is 93.2 cm³/mol. The Balaban J connectivity index is 1.64. The highest BCUT2D eigenvalue weighted by atomic mass is 15.1. The molecule has 114 valence electrons. The van der Waals surface area contributed by atoms with E-state index in [1.807, 2.05) is 47.3 Å². The quantitative estimate of drug-likeness (QED) is 0.574. The molecular weight excluding hydrogens is 296 g/mol. The molecule has 0 amide bonds. The molecule has 0 spiro atoms. The summed E-state index contributed by atoms with van der Waals surface area (Å²) in [5.41, 5.74) is 5.65. The predicted octanol–water partition coefficient (Wildman–Crippen LogP) is 4.02. The van der Waals surface area contributed by atoms with Gasteiger partial charge in [-0.25, -0.2) is 9.97 Å². The van der Waals surface area contributed by atoms with Crippen LogP contribution in [0.25, 0.3) is 22.3 Å². The second-order valence-corrected chi connectivity index (χ2v) is 5.57. The van der Waals surface area contributed by atoms with E-state index in [2.05, 4.69) is 40.3 Å². The van der Waals surface area contributed by atoms with Gasteiger partial charge in [0, 0.05) is 6.20 Å². The molecule has 0 saturated heterocycles. The molecular formula is C20H14N4. The first-order chi connectivity index (χ1) is 11.8. The second-order valence-electron chi connectivity index (χ2n) is 5.57. The fourth-order valence-electron chi connectivity index (χ4n) is 2.83. The molecule has 4 heteroatoms. The highest BCUT2D eigenvalue weighted by molar-refractivity contribution is 5.71. The number of benzene rings is 2. The number of nitriles is 1. The summed E-state index contributed by atoms with van der Waals surface area (Å²) in [5, 5.41) is 9.24. The number of hydrogen-bond acceptors (Lipinski definition) is 3. The van der Waals surface area contributed by atoms with Crippen molar-refractivity contribution in [1.29, 1.82) is 5.26 Å². The van der Waals surface area contributed by atoms with Gasteiger partial charge in [-0.1, -0.05) is 42.5 Å². The second kappa shape index (κ2) is 5.98. The molecule has 2 heterocycles. The van der Waals surface area contributed by atoms with Crippen LogP contribution in [0.3, 0.4) is 0 Å². The average molecular weight is 310 g/mol. The van der Waals surface area contributed by atoms with Crippen molar-refractivity contribution >= 4 is 11.2 Å². The maximum absolute atomic E-state index is 9.24. The van der Waals surface area contributed by atoms with Gasteiger partial charge in [0.05, 0.1) is 24.5 Å². The molecule has 0 fully saturated rings. The van der Waals surface area contributed by atoms with Crippen LogP contribution in [0.5, 0.6) is 0 Å². The summed E-state index contributed by atoms with van der Waals surface area (Å²) in [6.07, 6.45) is 3.60. The number of nitrogens with zero attached hydrogens (tertiary/aromatic N) is 4. The third kappa shape index (κ3) is 2.53. The van der Waals surface area contributed by atoms with Gasteiger partial charge >= 0.3 is 0 Å². The third-order valence-electron chi connectivity index (χ3n) is 4.04. The monoisotopic (exact) mass is 310 g/mol. The lowest BCUT2D eigenvalue weighted by atomic mass is 9.99. The van der Waals surface area contributed by atoms with E-state index in [4.69, 9.17) is 0 Å². The lowest BCUT2D eigenvalue weighted by Crippen LogP contribution is -1.99. The average Bonchev–Trinajstić information content (AvgIpc) is 3.05. The highest BCUT2D eigenvalue weighted by Gasteiger charge is 2.06. The van der Waals surface area contributed by atoms with Gasteiger partial charge in [-0.3, -0.25) is 0 Å². The van der Waals surface area contributed by atoms with Crippen LogP contribution in [-0.4, -0.2) is 14.5 Å². The molecule has 0 aliphatic carbocycles. The van der Waals surface area contributed by atoms with Gasteiger partial charge in [0.1, 0.15) is 5.52 Å². The zero-order valence-electron chi connectivity index (χ0n) is 12.9. The first-order valence-electron chi connectivity index (χ1n) is 7.69. The van der Waals surface area contributed by atoms with Crippen LogP contribution in [0.1, 0.15) is 11.1 Å². The summed E-state index contributed by atoms with van der Waals surface area (Å²) >= 11 is 0. The molecule has 4 aromatic rings. The van der Waals surface area contributed by atoms with Crippen molar-refractivity contribution in [2.24, 2.45) is 0 Å². The summed E-state index contributed by atoms with van der Waals surface area (Å²) in [4.78, 5) is 8.76. The summed E-state index contributed by atoms with van der Waals surface area (Å²) < 4.78 is 2.04. The lowest BCUT2D eigenvalue weighted by molar-refractivity contribution is 0.814. The number of hydrogen-bond donors (Lipinski definition) is 0. The number of fused-ring (bicyclic) bond motifs is 1. The molecule has 24 heavy (non-hydrogen) atoms. The molecule has 0 bridgehead atoms. The first-order valence-corrected chi connectivity index (χ1v) is 7.69. The minimum absolute atomic E-state index is 0.690. The van der Waals surface area contributed by atoms with Crippen LogP contribution in [-0.2, 0) is 6.54 Å². The molecule has 0 radical (unpaired) electrons. The maximum Gasteiger partial charge on any atom is 0.160 e. The molecule has 0 saturated carbocycles. The summed E-state index contributed by atoms with van der Waals surface area (Å²) in [6, 6.07) is 22.0. The maximum atomic E-state index is 9.24. The Morgan fingerprint density at radius 1 is 0.917 bits per heavy atom. The number of aromatic nitrogens is 3. The molecule has 0 atom stereocenters. The molecule has 0 aliphatic heterocycles. The van der Waals surface area contributed by atoms with Gasteiger partial charge in [-0.05, 0) is 34.9 Å². The van der Waals surface area contributed by atoms with Gasteiger partial charge in [-0.15, -0.1) is 0 Å². The topological polar surface area (TPSA) is 54.5 Å². The number of imidazole rings is 1. The Hall–Kier alpha value is -3.45. The molecule has 4 nitrogen and oxygen atoms in total. The summed E-state index contributed by atoms with van der Waals surface area (Å²) in [5.74, 6) is 0. The summed E-state index contributed by atoms with van der Waals surface area (Å²) in [7, 11) is 0. The van der Waals surface area contributed by atoms with Crippen molar-refractivity contribution in [2.75, 3.05) is 0 Å². The number of rotatable bonds is 3. The zero-order chi connectivity index (χ0) is 16.4. The van der Waals surface area contributed by atoms with Gasteiger partial charge < -0.3 is 4.57 Å². The van der Waals surface area contributed by atoms with Crippen molar-refractivity contribution in [1.82, 2.24) is 14.5 Å². The lowest BCUT2D eigenvalue weighted by Gasteiger charge is -2.07. The van der Waals surface area contributed by atoms with Crippen molar-refractivity contribution in [3.05, 3.63) is 84.3 Å². The molecule has 0 aliphatic rings. The van der Waals surface area contributed by atoms with Crippen LogP contribution in [0, 0.1) is 11.3 Å². The standard InChI is InChI=1S/C20H14N4/c21-12-17-4-1-2-5-18(17)16-9-7-15(8-10-16)13-24-14-23-19-6-3-11-22-20(19)24/h1-11,14H,13H2. The largest absolute Gasteiger partial charge is 0.311 e. The molecule has 0 N–H and O–H groups in total. The van der Waals surface area contributed by atoms with E-state index in [1.165, 1.54) is 0 Å².